The molecule has 0 aromatic heterocycles. The maximum atomic E-state index is 12.4. The first kappa shape index (κ1) is 14.7. The van der Waals surface area contributed by atoms with E-state index < -0.39 is 10.0 Å². The van der Waals surface area contributed by atoms with E-state index in [-0.39, 0.29) is 21.1 Å². The molecule has 1 aromatic rings. The standard InChI is InChI=1S/C14H14NO2S.W/c1-11-2-6-14(7-3-11)18(16,17)15-9-8-12-4-5-13(12)10-15;/h2-3,6-8H,4,9-10H2,1H3;/q-1;. The number of hydrogen-bond acceptors (Lipinski definition) is 2. The second-order valence-electron chi connectivity index (χ2n) is 4.67. The third-order valence-electron chi connectivity index (χ3n) is 3.41. The molecular weight excluding hydrogens is 430 g/mol. The van der Waals surface area contributed by atoms with Crippen molar-refractivity contribution >= 4 is 10.0 Å². The van der Waals surface area contributed by atoms with E-state index in [2.05, 4.69) is 6.08 Å². The molecule has 0 atom stereocenters. The van der Waals surface area contributed by atoms with Gasteiger partial charge in [-0.25, -0.2) is 19.6 Å². The van der Waals surface area contributed by atoms with Gasteiger partial charge in [-0.3, -0.25) is 6.08 Å². The third-order valence-corrected chi connectivity index (χ3v) is 5.24. The Morgan fingerprint density at radius 3 is 2.42 bits per heavy atom. The fourth-order valence-electron chi connectivity index (χ4n) is 2.16. The molecule has 5 heteroatoms. The van der Waals surface area contributed by atoms with Crippen molar-refractivity contribution in [3.05, 3.63) is 53.1 Å². The summed E-state index contributed by atoms with van der Waals surface area (Å²) < 4.78 is 26.4. The molecule has 0 radical (unpaired) electrons. The van der Waals surface area contributed by atoms with Crippen LogP contribution in [-0.4, -0.2) is 25.8 Å². The van der Waals surface area contributed by atoms with Crippen LogP contribution in [0, 0.1) is 13.0 Å². The van der Waals surface area contributed by atoms with Crippen LogP contribution in [-0.2, 0) is 31.1 Å². The average Bonchev–Trinajstić information content (AvgIpc) is 2.31. The van der Waals surface area contributed by atoms with Crippen molar-refractivity contribution in [2.24, 2.45) is 0 Å². The van der Waals surface area contributed by atoms with Crippen molar-refractivity contribution < 1.29 is 29.5 Å². The Morgan fingerprint density at radius 1 is 1.21 bits per heavy atom. The minimum atomic E-state index is -3.37. The zero-order valence-electron chi connectivity index (χ0n) is 10.6. The first-order chi connectivity index (χ1) is 8.57. The van der Waals surface area contributed by atoms with Gasteiger partial charge in [0.1, 0.15) is 0 Å². The van der Waals surface area contributed by atoms with Crippen molar-refractivity contribution in [2.45, 2.75) is 18.2 Å². The van der Waals surface area contributed by atoms with Crippen molar-refractivity contribution in [1.82, 2.24) is 4.31 Å². The first-order valence-corrected chi connectivity index (χ1v) is 7.37. The maximum absolute atomic E-state index is 12.4. The van der Waals surface area contributed by atoms with Crippen molar-refractivity contribution in [3.63, 3.8) is 0 Å². The first-order valence-electron chi connectivity index (χ1n) is 5.93. The van der Waals surface area contributed by atoms with Crippen LogP contribution in [0.5, 0.6) is 0 Å². The van der Waals surface area contributed by atoms with Crippen LogP contribution in [0.1, 0.15) is 12.0 Å². The van der Waals surface area contributed by atoms with Gasteiger partial charge in [0.25, 0.3) is 0 Å². The Balaban J connectivity index is 0.00000133. The number of rotatable bonds is 2. The predicted octanol–water partition coefficient (Wildman–Crippen LogP) is 2.06. The molecule has 0 amide bonds. The van der Waals surface area contributed by atoms with Crippen LogP contribution in [0.3, 0.4) is 0 Å². The van der Waals surface area contributed by atoms with Gasteiger partial charge in [-0.15, -0.1) is 6.08 Å². The Morgan fingerprint density at radius 2 is 1.89 bits per heavy atom. The molecule has 0 bridgehead atoms. The van der Waals surface area contributed by atoms with Gasteiger partial charge < -0.3 is 0 Å². The minimum Gasteiger partial charge on any atom is -0.283 e. The van der Waals surface area contributed by atoms with Gasteiger partial charge in [0.15, 0.2) is 0 Å². The molecule has 1 aliphatic carbocycles. The van der Waals surface area contributed by atoms with Crippen LogP contribution in [0.25, 0.3) is 0 Å². The Kier molecular flexibility index (Phi) is 4.14. The minimum absolute atomic E-state index is 0. The summed E-state index contributed by atoms with van der Waals surface area (Å²) in [4.78, 5) is 0.366. The van der Waals surface area contributed by atoms with Gasteiger partial charge in [0.2, 0.25) is 10.0 Å². The molecular formula is C14H14NO2SW-. The second-order valence-corrected chi connectivity index (χ2v) is 6.61. The molecule has 0 saturated heterocycles. The molecule has 3 nitrogen and oxygen atoms in total. The average molecular weight is 444 g/mol. The van der Waals surface area contributed by atoms with Crippen LogP contribution in [0.15, 0.2) is 46.4 Å². The van der Waals surface area contributed by atoms with E-state index in [0.29, 0.717) is 18.0 Å². The van der Waals surface area contributed by atoms with Gasteiger partial charge in [-0.2, -0.15) is 10.7 Å². The molecule has 0 unspecified atom stereocenters. The number of aryl methyl sites for hydroxylation is 1. The summed E-state index contributed by atoms with van der Waals surface area (Å²) >= 11 is 0. The quantitative estimate of drug-likeness (QED) is 0.656. The fourth-order valence-corrected chi connectivity index (χ4v) is 3.51. The van der Waals surface area contributed by atoms with Crippen molar-refractivity contribution in [1.29, 1.82) is 0 Å². The maximum Gasteiger partial charge on any atom is 0.243 e. The van der Waals surface area contributed by atoms with E-state index in [9.17, 15) is 8.42 Å². The van der Waals surface area contributed by atoms with E-state index in [1.807, 2.05) is 25.1 Å². The number of sulfonamides is 1. The summed E-state index contributed by atoms with van der Waals surface area (Å²) in [6.45, 7) is 2.87. The topological polar surface area (TPSA) is 37.4 Å². The van der Waals surface area contributed by atoms with Gasteiger partial charge in [-0.05, 0) is 19.1 Å². The van der Waals surface area contributed by atoms with E-state index in [4.69, 9.17) is 0 Å². The number of hydrogen-bond donors (Lipinski definition) is 0. The largest absolute Gasteiger partial charge is 0.283 e. The number of nitrogens with zero attached hydrogens (tertiary/aromatic N) is 1. The normalized spacial score (nSPS) is 18.6. The second kappa shape index (κ2) is 5.35. The van der Waals surface area contributed by atoms with E-state index in [1.165, 1.54) is 9.88 Å². The van der Waals surface area contributed by atoms with Gasteiger partial charge >= 0.3 is 0 Å². The SMILES string of the molecule is Cc1ccc(S(=O)(=O)N2CC=C3C[C-]=C3C2)cc1.[W]. The van der Waals surface area contributed by atoms with Crippen LogP contribution < -0.4 is 0 Å². The molecule has 1 aliphatic heterocycles. The zero-order valence-corrected chi connectivity index (χ0v) is 14.3. The smallest absolute Gasteiger partial charge is 0.243 e. The summed E-state index contributed by atoms with van der Waals surface area (Å²) in [5, 5.41) is 0. The summed E-state index contributed by atoms with van der Waals surface area (Å²) in [5.41, 5.74) is 3.35. The Hall–Kier alpha value is -0.702. The molecule has 3 rings (SSSR count). The molecule has 100 valence electrons. The molecule has 0 spiro atoms. The summed E-state index contributed by atoms with van der Waals surface area (Å²) in [7, 11) is -3.37. The molecule has 1 heterocycles. The van der Waals surface area contributed by atoms with Crippen molar-refractivity contribution in [2.75, 3.05) is 13.1 Å². The fraction of sp³-hybridized carbons (Fsp3) is 0.286. The molecule has 0 N–H and O–H groups in total. The van der Waals surface area contributed by atoms with Crippen LogP contribution >= 0.6 is 0 Å². The third kappa shape index (κ3) is 2.62. The van der Waals surface area contributed by atoms with Crippen molar-refractivity contribution in [3.8, 4) is 0 Å². The molecule has 0 fully saturated rings. The summed E-state index contributed by atoms with van der Waals surface area (Å²) in [6, 6.07) is 6.99. The number of allylic oxidation sites excluding steroid dienone is 1. The van der Waals surface area contributed by atoms with Crippen LogP contribution in [0.2, 0.25) is 0 Å². The van der Waals surface area contributed by atoms with E-state index in [1.54, 1.807) is 12.1 Å². The molecule has 1 aromatic carbocycles. The number of benzene rings is 1. The van der Waals surface area contributed by atoms with E-state index >= 15 is 0 Å². The van der Waals surface area contributed by atoms with Gasteiger partial charge in [0, 0.05) is 34.2 Å². The molecule has 0 saturated carbocycles. The van der Waals surface area contributed by atoms with Crippen LogP contribution in [0.4, 0.5) is 0 Å². The Labute approximate surface area is 128 Å². The summed E-state index contributed by atoms with van der Waals surface area (Å²) in [6.07, 6.45) is 6.01. The summed E-state index contributed by atoms with van der Waals surface area (Å²) in [5.74, 6) is 0. The predicted molar refractivity (Wildman–Crippen MR) is 69.4 cm³/mol. The van der Waals surface area contributed by atoms with E-state index in [0.717, 1.165) is 17.6 Å². The zero-order chi connectivity index (χ0) is 12.8. The molecule has 2 aliphatic rings. The Bertz CT molecular complexity index is 645. The van der Waals surface area contributed by atoms with Gasteiger partial charge in [0.05, 0.1) is 4.90 Å². The van der Waals surface area contributed by atoms with Gasteiger partial charge in [-0.1, -0.05) is 17.7 Å². The number of fused-ring (bicyclic) bond motifs is 1. The monoisotopic (exact) mass is 444 g/mol. The molecule has 19 heavy (non-hydrogen) atoms.